The Morgan fingerprint density at radius 1 is 1.30 bits per heavy atom. The average Bonchev–Trinajstić information content (AvgIpc) is 3.07. The molecule has 1 fully saturated rings. The van der Waals surface area contributed by atoms with Crippen LogP contribution in [-0.2, 0) is 20.9 Å². The van der Waals surface area contributed by atoms with Crippen LogP contribution in [0.3, 0.4) is 0 Å². The number of carbonyl (C=O) groups is 2. The zero-order valence-electron chi connectivity index (χ0n) is 13.9. The van der Waals surface area contributed by atoms with Gasteiger partial charge in [-0.3, -0.25) is 4.79 Å². The third-order valence-corrected chi connectivity index (χ3v) is 3.91. The fourth-order valence-corrected chi connectivity index (χ4v) is 2.70. The van der Waals surface area contributed by atoms with E-state index < -0.39 is 6.04 Å². The van der Waals surface area contributed by atoms with Crippen LogP contribution in [-0.4, -0.2) is 30.5 Å². The van der Waals surface area contributed by atoms with Crippen molar-refractivity contribution in [1.29, 1.82) is 0 Å². The molecule has 0 aromatic heterocycles. The average molecular weight is 318 g/mol. The maximum absolute atomic E-state index is 12.3. The minimum atomic E-state index is -0.589. The van der Waals surface area contributed by atoms with Gasteiger partial charge in [0.25, 0.3) is 0 Å². The van der Waals surface area contributed by atoms with Gasteiger partial charge >= 0.3 is 5.97 Å². The number of nitrogens with one attached hydrogen (secondary N) is 2. The van der Waals surface area contributed by atoms with E-state index in [4.69, 9.17) is 4.74 Å². The predicted octanol–water partition coefficient (Wildman–Crippen LogP) is 2.01. The number of carbonyl (C=O) groups excluding carboxylic acids is 2. The molecule has 1 heterocycles. The Bertz CT molecular complexity index is 510. The molecule has 0 spiro atoms. The Morgan fingerprint density at radius 3 is 2.65 bits per heavy atom. The van der Waals surface area contributed by atoms with Crippen LogP contribution in [0.5, 0.6) is 0 Å². The summed E-state index contributed by atoms with van der Waals surface area (Å²) < 4.78 is 5.38. The Balaban J connectivity index is 1.90. The minimum Gasteiger partial charge on any atom is -0.459 e. The molecule has 2 atom stereocenters. The molecule has 0 aliphatic carbocycles. The monoisotopic (exact) mass is 318 g/mol. The third kappa shape index (κ3) is 5.67. The summed E-state index contributed by atoms with van der Waals surface area (Å²) in [6, 6.07) is 8.77. The van der Waals surface area contributed by atoms with E-state index in [2.05, 4.69) is 10.6 Å². The van der Waals surface area contributed by atoms with Gasteiger partial charge in [-0.25, -0.2) is 4.79 Å². The summed E-state index contributed by atoms with van der Waals surface area (Å²) in [6.07, 6.45) is 2.39. The number of esters is 1. The van der Waals surface area contributed by atoms with Gasteiger partial charge in [0.2, 0.25) is 5.91 Å². The Hall–Kier alpha value is -1.88. The van der Waals surface area contributed by atoms with E-state index in [1.807, 2.05) is 44.2 Å². The van der Waals surface area contributed by atoms with Crippen molar-refractivity contribution in [3.63, 3.8) is 0 Å². The van der Waals surface area contributed by atoms with Gasteiger partial charge in [0.15, 0.2) is 0 Å². The van der Waals surface area contributed by atoms with Crippen molar-refractivity contribution in [3.8, 4) is 0 Å². The molecule has 1 aliphatic rings. The van der Waals surface area contributed by atoms with Crippen molar-refractivity contribution in [3.05, 3.63) is 35.9 Å². The predicted molar refractivity (Wildman–Crippen MR) is 88.6 cm³/mol. The normalized spacial score (nSPS) is 18.7. The van der Waals surface area contributed by atoms with Gasteiger partial charge in [0.05, 0.1) is 6.04 Å². The maximum Gasteiger partial charge on any atom is 0.328 e. The molecule has 1 saturated heterocycles. The van der Waals surface area contributed by atoms with Crippen LogP contribution in [0.25, 0.3) is 0 Å². The highest BCUT2D eigenvalue weighted by Gasteiger charge is 2.28. The van der Waals surface area contributed by atoms with E-state index >= 15 is 0 Å². The van der Waals surface area contributed by atoms with Gasteiger partial charge in [0, 0.05) is 0 Å². The molecule has 5 heteroatoms. The van der Waals surface area contributed by atoms with Gasteiger partial charge in [-0.1, -0.05) is 44.2 Å². The standard InChI is InChI=1S/C18H26N2O3/c1-13(2)11-16(20-17(21)15-9-6-10-19-15)18(22)23-12-14-7-4-3-5-8-14/h3-5,7-8,13,15-16,19H,6,9-12H2,1-2H3,(H,20,21)/t15-,16-/m0/s1. The second-order valence-corrected chi connectivity index (χ2v) is 6.43. The molecule has 2 N–H and O–H groups in total. The highest BCUT2D eigenvalue weighted by atomic mass is 16.5. The van der Waals surface area contributed by atoms with Crippen LogP contribution in [0, 0.1) is 5.92 Å². The highest BCUT2D eigenvalue weighted by molar-refractivity contribution is 5.87. The molecular weight excluding hydrogens is 292 g/mol. The lowest BCUT2D eigenvalue weighted by Crippen LogP contribution is -2.49. The SMILES string of the molecule is CC(C)C[C@H](NC(=O)[C@@H]1CCCN1)C(=O)OCc1ccccc1. The van der Waals surface area contributed by atoms with E-state index in [0.29, 0.717) is 12.3 Å². The van der Waals surface area contributed by atoms with Gasteiger partial charge in [0.1, 0.15) is 12.6 Å². The fraction of sp³-hybridized carbons (Fsp3) is 0.556. The quantitative estimate of drug-likeness (QED) is 0.755. The number of hydrogen-bond donors (Lipinski definition) is 2. The second-order valence-electron chi connectivity index (χ2n) is 6.43. The van der Waals surface area contributed by atoms with Crippen molar-refractivity contribution in [2.24, 2.45) is 5.92 Å². The molecule has 23 heavy (non-hydrogen) atoms. The molecule has 2 rings (SSSR count). The van der Waals surface area contributed by atoms with Crippen molar-refractivity contribution < 1.29 is 14.3 Å². The summed E-state index contributed by atoms with van der Waals surface area (Å²) in [5.41, 5.74) is 0.938. The van der Waals surface area contributed by atoms with E-state index in [1.165, 1.54) is 0 Å². The van der Waals surface area contributed by atoms with Crippen LogP contribution < -0.4 is 10.6 Å². The topological polar surface area (TPSA) is 67.4 Å². The van der Waals surface area contributed by atoms with Gasteiger partial charge in [-0.05, 0) is 37.3 Å². The Kier molecular flexibility index (Phi) is 6.59. The first-order chi connectivity index (χ1) is 11.1. The largest absolute Gasteiger partial charge is 0.459 e. The molecule has 1 amide bonds. The zero-order valence-corrected chi connectivity index (χ0v) is 13.9. The first-order valence-corrected chi connectivity index (χ1v) is 8.30. The zero-order chi connectivity index (χ0) is 16.7. The minimum absolute atomic E-state index is 0.107. The summed E-state index contributed by atoms with van der Waals surface area (Å²) >= 11 is 0. The maximum atomic E-state index is 12.3. The van der Waals surface area contributed by atoms with Crippen LogP contribution in [0.15, 0.2) is 30.3 Å². The van der Waals surface area contributed by atoms with Crippen molar-refractivity contribution >= 4 is 11.9 Å². The van der Waals surface area contributed by atoms with Crippen molar-refractivity contribution in [2.75, 3.05) is 6.54 Å². The number of amides is 1. The van der Waals surface area contributed by atoms with Crippen LogP contribution in [0.2, 0.25) is 0 Å². The molecular formula is C18H26N2O3. The lowest BCUT2D eigenvalue weighted by molar-refractivity contribution is -0.149. The smallest absolute Gasteiger partial charge is 0.328 e. The third-order valence-electron chi connectivity index (χ3n) is 3.91. The van der Waals surface area contributed by atoms with Crippen molar-refractivity contribution in [1.82, 2.24) is 10.6 Å². The van der Waals surface area contributed by atoms with E-state index in [9.17, 15) is 9.59 Å². The number of ether oxygens (including phenoxy) is 1. The summed E-state index contributed by atoms with van der Waals surface area (Å²) in [7, 11) is 0. The number of rotatable bonds is 7. The molecule has 1 aromatic carbocycles. The molecule has 0 radical (unpaired) electrons. The highest BCUT2D eigenvalue weighted by Crippen LogP contribution is 2.11. The Morgan fingerprint density at radius 2 is 2.04 bits per heavy atom. The molecule has 5 nitrogen and oxygen atoms in total. The van der Waals surface area contributed by atoms with E-state index in [1.54, 1.807) is 0 Å². The summed E-state index contributed by atoms with van der Waals surface area (Å²) in [6.45, 7) is 5.13. The molecule has 126 valence electrons. The fourth-order valence-electron chi connectivity index (χ4n) is 2.70. The van der Waals surface area contributed by atoms with Gasteiger partial charge in [-0.15, -0.1) is 0 Å². The Labute approximate surface area is 137 Å². The van der Waals surface area contributed by atoms with E-state index in [-0.39, 0.29) is 24.5 Å². The van der Waals surface area contributed by atoms with Crippen molar-refractivity contribution in [2.45, 2.75) is 51.8 Å². The number of benzene rings is 1. The van der Waals surface area contributed by atoms with Gasteiger partial charge in [-0.2, -0.15) is 0 Å². The second kappa shape index (κ2) is 8.67. The molecule has 0 bridgehead atoms. The molecule has 1 aliphatic heterocycles. The summed E-state index contributed by atoms with van der Waals surface area (Å²) in [5, 5.41) is 6.00. The summed E-state index contributed by atoms with van der Waals surface area (Å²) in [5.74, 6) is -0.181. The lowest BCUT2D eigenvalue weighted by Gasteiger charge is -2.21. The van der Waals surface area contributed by atoms with Crippen LogP contribution >= 0.6 is 0 Å². The van der Waals surface area contributed by atoms with E-state index in [0.717, 1.165) is 24.9 Å². The molecule has 0 unspecified atom stereocenters. The molecule has 1 aromatic rings. The summed E-state index contributed by atoms with van der Waals surface area (Å²) in [4.78, 5) is 24.6. The number of hydrogen-bond acceptors (Lipinski definition) is 4. The first-order valence-electron chi connectivity index (χ1n) is 8.30. The lowest BCUT2D eigenvalue weighted by atomic mass is 10.0. The van der Waals surface area contributed by atoms with Gasteiger partial charge < -0.3 is 15.4 Å². The first kappa shape index (κ1) is 17.5. The van der Waals surface area contributed by atoms with Crippen LogP contribution in [0.4, 0.5) is 0 Å². The molecule has 0 saturated carbocycles. The van der Waals surface area contributed by atoms with Crippen LogP contribution in [0.1, 0.15) is 38.7 Å².